The Kier molecular flexibility index (Phi) is 4.89. The van der Waals surface area contributed by atoms with Crippen molar-refractivity contribution < 1.29 is 9.90 Å². The van der Waals surface area contributed by atoms with Crippen LogP contribution in [-0.4, -0.2) is 37.1 Å². The highest BCUT2D eigenvalue weighted by Crippen LogP contribution is 2.35. The molecule has 2 aromatic rings. The smallest absolute Gasteiger partial charge is 0.321 e. The van der Waals surface area contributed by atoms with Crippen LogP contribution >= 0.6 is 0 Å². The highest BCUT2D eigenvalue weighted by molar-refractivity contribution is 5.74. The van der Waals surface area contributed by atoms with E-state index in [9.17, 15) is 9.90 Å². The largest absolute Gasteiger partial charge is 0.480 e. The van der Waals surface area contributed by atoms with E-state index in [0.29, 0.717) is 12.1 Å². The molecule has 3 N–H and O–H groups in total. The van der Waals surface area contributed by atoms with E-state index in [4.69, 9.17) is 5.73 Å². The minimum absolute atomic E-state index is 0.158. The van der Waals surface area contributed by atoms with E-state index in [2.05, 4.69) is 19.9 Å². The molecule has 2 rings (SSSR count). The fraction of sp³-hybridized carbons (Fsp3) is 0.357. The van der Waals surface area contributed by atoms with Crippen molar-refractivity contribution in [3.8, 4) is 0 Å². The number of nitrogens with two attached hydrogens (primary N) is 1. The van der Waals surface area contributed by atoms with Crippen molar-refractivity contribution in [2.75, 3.05) is 0 Å². The van der Waals surface area contributed by atoms with Gasteiger partial charge in [-0.3, -0.25) is 4.79 Å². The lowest BCUT2D eigenvalue weighted by molar-refractivity contribution is -0.139. The first-order valence-electron chi connectivity index (χ1n) is 6.65. The van der Waals surface area contributed by atoms with Crippen molar-refractivity contribution in [1.82, 2.24) is 19.9 Å². The van der Waals surface area contributed by atoms with Crippen LogP contribution in [0.5, 0.6) is 0 Å². The van der Waals surface area contributed by atoms with E-state index in [-0.39, 0.29) is 5.92 Å². The van der Waals surface area contributed by atoms with Crippen LogP contribution in [0, 0.1) is 0 Å². The topological polar surface area (TPSA) is 115 Å². The molecule has 0 aromatic carbocycles. The number of hydrogen-bond donors (Lipinski definition) is 2. The molecule has 110 valence electrons. The quantitative estimate of drug-likeness (QED) is 0.812. The average molecular weight is 287 g/mol. The van der Waals surface area contributed by atoms with Crippen molar-refractivity contribution in [3.63, 3.8) is 0 Å². The second kappa shape index (κ2) is 6.85. The van der Waals surface area contributed by atoms with Gasteiger partial charge in [0.2, 0.25) is 0 Å². The summed E-state index contributed by atoms with van der Waals surface area (Å²) in [6.45, 7) is 1.97. The van der Waals surface area contributed by atoms with Crippen molar-refractivity contribution in [2.24, 2.45) is 5.73 Å². The van der Waals surface area contributed by atoms with Crippen molar-refractivity contribution in [2.45, 2.75) is 31.2 Å². The van der Waals surface area contributed by atoms with Gasteiger partial charge in [0.05, 0.1) is 0 Å². The molecule has 0 aliphatic carbocycles. The summed E-state index contributed by atoms with van der Waals surface area (Å²) >= 11 is 0. The molecule has 0 saturated carbocycles. The van der Waals surface area contributed by atoms with Gasteiger partial charge in [-0.15, -0.1) is 0 Å². The summed E-state index contributed by atoms with van der Waals surface area (Å²) in [5, 5.41) is 9.30. The summed E-state index contributed by atoms with van der Waals surface area (Å²) in [7, 11) is 0. The summed E-state index contributed by atoms with van der Waals surface area (Å²) in [4.78, 5) is 27.5. The van der Waals surface area contributed by atoms with Gasteiger partial charge in [0.1, 0.15) is 18.7 Å². The zero-order valence-electron chi connectivity index (χ0n) is 11.6. The molecule has 0 bridgehead atoms. The second-order valence-electron chi connectivity index (χ2n) is 4.67. The first-order valence-corrected chi connectivity index (χ1v) is 6.65. The van der Waals surface area contributed by atoms with Crippen LogP contribution in [-0.2, 0) is 4.79 Å². The van der Waals surface area contributed by atoms with Gasteiger partial charge in [-0.2, -0.15) is 0 Å². The first kappa shape index (κ1) is 15.0. The maximum absolute atomic E-state index is 11.4. The summed E-state index contributed by atoms with van der Waals surface area (Å²) in [6.07, 6.45) is 6.74. The van der Waals surface area contributed by atoms with E-state index in [0.717, 1.165) is 5.69 Å². The Bertz CT molecular complexity index is 578. The molecule has 0 radical (unpaired) electrons. The van der Waals surface area contributed by atoms with Crippen LogP contribution in [0.2, 0.25) is 0 Å². The molecule has 21 heavy (non-hydrogen) atoms. The van der Waals surface area contributed by atoms with E-state index in [1.807, 2.05) is 6.92 Å². The number of nitrogens with zero attached hydrogens (tertiary/aromatic N) is 4. The molecule has 0 fully saturated rings. The zero-order chi connectivity index (χ0) is 15.2. The highest BCUT2D eigenvalue weighted by Gasteiger charge is 2.34. The van der Waals surface area contributed by atoms with Crippen molar-refractivity contribution in [3.05, 3.63) is 48.6 Å². The third-order valence-corrected chi connectivity index (χ3v) is 3.48. The summed E-state index contributed by atoms with van der Waals surface area (Å²) in [5.74, 6) is -1.70. The summed E-state index contributed by atoms with van der Waals surface area (Å²) < 4.78 is 0. The van der Waals surface area contributed by atoms with Gasteiger partial charge in [0.25, 0.3) is 0 Å². The fourth-order valence-corrected chi connectivity index (χ4v) is 2.46. The Balaban J connectivity index is 2.45. The Hall–Kier alpha value is -2.41. The van der Waals surface area contributed by atoms with Gasteiger partial charge in [0.15, 0.2) is 0 Å². The van der Waals surface area contributed by atoms with Gasteiger partial charge in [-0.05, 0) is 18.6 Å². The SMILES string of the molecule is CCC(c1ccncn1)C(c1ccncn1)C(N)C(=O)O. The molecule has 0 amide bonds. The minimum atomic E-state index is -1.07. The molecule has 3 unspecified atom stereocenters. The van der Waals surface area contributed by atoms with Crippen LogP contribution in [0.25, 0.3) is 0 Å². The maximum atomic E-state index is 11.4. The molecular formula is C14H17N5O2. The lowest BCUT2D eigenvalue weighted by atomic mass is 9.80. The van der Waals surface area contributed by atoms with E-state index < -0.39 is 17.9 Å². The Morgan fingerprint density at radius 3 is 2.19 bits per heavy atom. The predicted octanol–water partition coefficient (Wildman–Crippen LogP) is 0.956. The van der Waals surface area contributed by atoms with Crippen molar-refractivity contribution in [1.29, 1.82) is 0 Å². The van der Waals surface area contributed by atoms with Crippen LogP contribution in [0.3, 0.4) is 0 Å². The molecule has 3 atom stereocenters. The second-order valence-corrected chi connectivity index (χ2v) is 4.67. The van der Waals surface area contributed by atoms with Crippen LogP contribution in [0.1, 0.15) is 36.6 Å². The lowest BCUT2D eigenvalue weighted by Gasteiger charge is -2.28. The van der Waals surface area contributed by atoms with Gasteiger partial charge in [-0.25, -0.2) is 19.9 Å². The number of carbonyl (C=O) groups is 1. The third-order valence-electron chi connectivity index (χ3n) is 3.48. The molecule has 0 aliphatic heterocycles. The molecule has 0 spiro atoms. The minimum Gasteiger partial charge on any atom is -0.480 e. The Labute approximate surface area is 122 Å². The number of carboxylic acids is 1. The maximum Gasteiger partial charge on any atom is 0.321 e. The zero-order valence-corrected chi connectivity index (χ0v) is 11.6. The lowest BCUT2D eigenvalue weighted by Crippen LogP contribution is -2.40. The van der Waals surface area contributed by atoms with Gasteiger partial charge in [-0.1, -0.05) is 6.92 Å². The van der Waals surface area contributed by atoms with Crippen LogP contribution in [0.4, 0.5) is 0 Å². The van der Waals surface area contributed by atoms with Crippen molar-refractivity contribution >= 4 is 5.97 Å². The first-order chi connectivity index (χ1) is 10.1. The van der Waals surface area contributed by atoms with Crippen LogP contribution in [0.15, 0.2) is 37.2 Å². The summed E-state index contributed by atoms with van der Waals surface area (Å²) in [6, 6.07) is 2.40. The monoisotopic (exact) mass is 287 g/mol. The van der Waals surface area contributed by atoms with E-state index >= 15 is 0 Å². The molecule has 7 nitrogen and oxygen atoms in total. The highest BCUT2D eigenvalue weighted by atomic mass is 16.4. The average Bonchev–Trinajstić information content (AvgIpc) is 2.53. The van der Waals surface area contributed by atoms with Gasteiger partial charge >= 0.3 is 5.97 Å². The van der Waals surface area contributed by atoms with E-state index in [1.165, 1.54) is 12.7 Å². The Morgan fingerprint density at radius 1 is 1.19 bits per heavy atom. The van der Waals surface area contributed by atoms with Crippen LogP contribution < -0.4 is 5.73 Å². The number of carboxylic acid groups (broad SMARTS) is 1. The standard InChI is InChI=1S/C14H17N5O2/c1-2-9(10-3-5-16-7-18-10)12(13(15)14(20)21)11-4-6-17-8-19-11/h3-9,12-13H,2,15H2,1H3,(H,20,21). The predicted molar refractivity (Wildman–Crippen MR) is 75.4 cm³/mol. The van der Waals surface area contributed by atoms with Gasteiger partial charge in [0, 0.05) is 35.6 Å². The molecule has 0 saturated heterocycles. The fourth-order valence-electron chi connectivity index (χ4n) is 2.46. The van der Waals surface area contributed by atoms with Gasteiger partial charge < -0.3 is 10.8 Å². The number of hydrogen-bond acceptors (Lipinski definition) is 6. The van der Waals surface area contributed by atoms with E-state index in [1.54, 1.807) is 24.5 Å². The summed E-state index contributed by atoms with van der Waals surface area (Å²) in [5.41, 5.74) is 7.26. The molecule has 0 aliphatic rings. The normalized spacial score (nSPS) is 15.1. The number of rotatable bonds is 6. The third kappa shape index (κ3) is 3.38. The number of aliphatic carboxylic acids is 1. The molecule has 2 aromatic heterocycles. The molecule has 2 heterocycles. The Morgan fingerprint density at radius 2 is 1.76 bits per heavy atom. The molecular weight excluding hydrogens is 270 g/mol. The molecule has 7 heteroatoms. The number of aromatic nitrogens is 4.